The van der Waals surface area contributed by atoms with E-state index in [1.54, 1.807) is 26.8 Å². The van der Waals surface area contributed by atoms with Gasteiger partial charge in [0.15, 0.2) is 43.3 Å². The van der Waals surface area contributed by atoms with E-state index in [0.717, 1.165) is 25.9 Å². The molecule has 5 saturated carbocycles. The van der Waals surface area contributed by atoms with Crippen molar-refractivity contribution in [3.05, 3.63) is 53.6 Å². The summed E-state index contributed by atoms with van der Waals surface area (Å²) in [5.41, 5.74) is -2.07. The van der Waals surface area contributed by atoms with Crippen molar-refractivity contribution in [3.63, 3.8) is 0 Å². The molecular formula is C73H106O29. The maximum atomic E-state index is 15.5. The number of esters is 4. The van der Waals surface area contributed by atoms with Gasteiger partial charge in [0.2, 0.25) is 6.29 Å². The third-order valence-corrected chi connectivity index (χ3v) is 25.4. The summed E-state index contributed by atoms with van der Waals surface area (Å²) in [4.78, 5) is 70.2. The average Bonchev–Trinajstić information content (AvgIpc) is 0.676. The third-order valence-electron chi connectivity index (χ3n) is 25.4. The van der Waals surface area contributed by atoms with Crippen LogP contribution in [0.25, 0.3) is 6.08 Å². The Morgan fingerprint density at radius 2 is 1.28 bits per heavy atom. The minimum Gasteiger partial charge on any atom is -0.467 e. The van der Waals surface area contributed by atoms with Crippen LogP contribution in [0.15, 0.2) is 42.5 Å². The monoisotopic (exact) mass is 1450 g/mol. The van der Waals surface area contributed by atoms with E-state index in [9.17, 15) is 80.5 Å². The number of aliphatic hydroxyl groups is 12. The number of ether oxygens (including phenoxy) is 12. The number of hydrogen-bond acceptors (Lipinski definition) is 29. The smallest absolute Gasteiger partial charge is 0.337 e. The highest BCUT2D eigenvalue weighted by atomic mass is 16.8. The number of aldehydes is 1. The van der Waals surface area contributed by atoms with Crippen molar-refractivity contribution in [1.82, 2.24) is 0 Å². The summed E-state index contributed by atoms with van der Waals surface area (Å²) >= 11 is 0. The fraction of sp³-hybridized carbons (Fsp3) is 0.795. The number of fused-ring (bicyclic) bond motifs is 7. The minimum atomic E-state index is -2.07. The highest BCUT2D eigenvalue weighted by Crippen LogP contribution is 2.75. The van der Waals surface area contributed by atoms with E-state index in [1.807, 2.05) is 31.2 Å². The molecule has 4 aliphatic heterocycles. The summed E-state index contributed by atoms with van der Waals surface area (Å²) in [5, 5.41) is 133. The summed E-state index contributed by atoms with van der Waals surface area (Å²) < 4.78 is 73.4. The molecule has 26 unspecified atom stereocenters. The van der Waals surface area contributed by atoms with E-state index in [-0.39, 0.29) is 43.4 Å². The second-order valence-corrected chi connectivity index (χ2v) is 32.4. The van der Waals surface area contributed by atoms with Crippen LogP contribution >= 0.6 is 0 Å². The molecular weight excluding hydrogens is 1340 g/mol. The fourth-order valence-corrected chi connectivity index (χ4v) is 19.8. The molecule has 9 fully saturated rings. The van der Waals surface area contributed by atoms with Crippen LogP contribution < -0.4 is 0 Å². The van der Waals surface area contributed by atoms with E-state index >= 15 is 4.79 Å². The summed E-state index contributed by atoms with van der Waals surface area (Å²) in [5.74, 6) is -6.93. The number of allylic oxidation sites excluding steroid dienone is 2. The van der Waals surface area contributed by atoms with Crippen molar-refractivity contribution in [2.75, 3.05) is 20.3 Å². The number of carbonyl (C=O) groups is 5. The Bertz CT molecular complexity index is 3200. The van der Waals surface area contributed by atoms with Gasteiger partial charge < -0.3 is 123 Å². The van der Waals surface area contributed by atoms with E-state index in [1.165, 1.54) is 6.08 Å². The Hall–Kier alpha value is -4.55. The van der Waals surface area contributed by atoms with Crippen LogP contribution in [-0.2, 0) is 80.8 Å². The van der Waals surface area contributed by atoms with E-state index in [4.69, 9.17) is 56.8 Å². The molecule has 0 amide bonds. The van der Waals surface area contributed by atoms with Crippen molar-refractivity contribution >= 4 is 36.2 Å². The van der Waals surface area contributed by atoms with Gasteiger partial charge in [-0.05, 0) is 128 Å². The van der Waals surface area contributed by atoms with Gasteiger partial charge >= 0.3 is 23.9 Å². The molecule has 0 radical (unpaired) electrons. The van der Waals surface area contributed by atoms with Gasteiger partial charge in [0.1, 0.15) is 79.5 Å². The maximum absolute atomic E-state index is 15.5. The first-order chi connectivity index (χ1) is 47.9. The predicted octanol–water partition coefficient (Wildman–Crippen LogP) is 0.333. The summed E-state index contributed by atoms with van der Waals surface area (Å²) in [6, 6.07) is 7.38. The number of benzene rings is 1. The molecule has 0 bridgehead atoms. The second kappa shape index (κ2) is 30.2. The molecule has 102 heavy (non-hydrogen) atoms. The fourth-order valence-electron chi connectivity index (χ4n) is 19.8. The molecule has 0 spiro atoms. The van der Waals surface area contributed by atoms with Gasteiger partial charge in [-0.15, -0.1) is 0 Å². The Kier molecular flexibility index (Phi) is 23.3. The highest BCUT2D eigenvalue weighted by Gasteiger charge is 2.71. The van der Waals surface area contributed by atoms with Gasteiger partial charge in [-0.1, -0.05) is 90.4 Å². The molecule has 4 saturated heterocycles. The normalized spacial score (nSPS) is 49.2. The second-order valence-electron chi connectivity index (χ2n) is 32.4. The molecule has 1 aromatic carbocycles. The quantitative estimate of drug-likeness (QED) is 0.0250. The summed E-state index contributed by atoms with van der Waals surface area (Å²) in [6.07, 6.45) is -30.6. The predicted molar refractivity (Wildman–Crippen MR) is 350 cm³/mol. The topological polar surface area (TPSA) is 439 Å². The van der Waals surface area contributed by atoms with Crippen molar-refractivity contribution in [1.29, 1.82) is 0 Å². The zero-order valence-electron chi connectivity index (χ0n) is 59.5. The molecule has 12 N–H and O–H groups in total. The lowest BCUT2D eigenvalue weighted by Gasteiger charge is -2.71. The molecule has 11 rings (SSSR count). The number of aryl methyl sites for hydroxylation is 1. The molecule has 4 heterocycles. The van der Waals surface area contributed by atoms with Crippen LogP contribution in [0.2, 0.25) is 0 Å². The minimum absolute atomic E-state index is 0.00424. The van der Waals surface area contributed by atoms with E-state index in [0.29, 0.717) is 31.2 Å². The Balaban J connectivity index is 0.867. The van der Waals surface area contributed by atoms with Crippen molar-refractivity contribution in [2.45, 2.75) is 274 Å². The SMILES string of the molecule is COC(=O)C1OC(O[C@H]2CC[C@]3(C)[C@H]4C=CC5[C@@H]6CC(C)(C)C[C@@H](C(=O)OC7OC(C)C(OC(=O)/C=C\c8ccc(C)cc8)C(OC(C)=O)C7OC7CC(C)C(O)C(O)C7O)C6[C@H](O)C[C@@]5(C)[C@]4(C)CC[C@H]3[C@]2(C)C=O)C(OC2OC(CO)C(O)C(O)C2O)C(OC2OCC(O)C(O)C2O)C1O. The zero-order valence-corrected chi connectivity index (χ0v) is 59.5. The first kappa shape index (κ1) is 78.5. The van der Waals surface area contributed by atoms with Crippen LogP contribution in [0.3, 0.4) is 0 Å². The van der Waals surface area contributed by atoms with Gasteiger partial charge in [-0.3, -0.25) is 9.59 Å². The standard InChI is InChI=1S/C73H106O29/c1-31-12-14-35(15-13-31)16-19-46(79)98-57-33(3)93-67(62(60(57)94-34(4)76)95-41-24-32(2)48(80)52(84)50(41)82)102-63(89)37-26-69(5,6)25-36-38-17-18-44-70(7)22-21-45(71(8,30-75)43(70)20-23-72(44,9)73(38,10)27-39(77)47(36)37)97-68-61(101-66-55(87)53(85)51(83)42(28-74)96-66)58(56(88)59(100-68)64(90)91-11)99-65-54(86)49(81)40(78)29-92-65/h12-19,30,32-33,36-45,47-62,65-68,74,77-78,80-88H,20-29H2,1-11H3/b19-16-/t32?,33?,36-,37+,38?,39+,40?,41?,42?,43+,44+,45-,47?,48?,49?,50?,51?,52?,53?,54?,55?,56?,57?,58?,59?,60?,61?,62?,65?,66?,67?,68?,70-,71-,72+,73+/m0/s1. The van der Waals surface area contributed by atoms with Crippen LogP contribution in [0.4, 0.5) is 0 Å². The van der Waals surface area contributed by atoms with Gasteiger partial charge in [0, 0.05) is 18.9 Å². The Morgan fingerprint density at radius 3 is 1.95 bits per heavy atom. The molecule has 29 heteroatoms. The number of methoxy groups -OCH3 is 1. The molecule has 0 aromatic heterocycles. The van der Waals surface area contributed by atoms with Gasteiger partial charge in [0.05, 0.1) is 62.2 Å². The van der Waals surface area contributed by atoms with E-state index < -0.39 is 241 Å². The van der Waals surface area contributed by atoms with Crippen molar-refractivity contribution < 1.29 is 142 Å². The molecule has 6 aliphatic carbocycles. The number of hydrogen-bond donors (Lipinski definition) is 12. The van der Waals surface area contributed by atoms with Crippen LogP contribution in [0, 0.1) is 75.4 Å². The lowest BCUT2D eigenvalue weighted by atomic mass is 9.33. The van der Waals surface area contributed by atoms with Crippen molar-refractivity contribution in [3.8, 4) is 0 Å². The largest absolute Gasteiger partial charge is 0.467 e. The molecule has 29 nitrogen and oxygen atoms in total. The highest BCUT2D eigenvalue weighted by molar-refractivity contribution is 5.87. The van der Waals surface area contributed by atoms with Crippen LogP contribution in [0.1, 0.15) is 125 Å². The van der Waals surface area contributed by atoms with E-state index in [2.05, 4.69) is 46.8 Å². The third kappa shape index (κ3) is 14.4. The van der Waals surface area contributed by atoms with Crippen LogP contribution in [-0.4, -0.2) is 265 Å². The summed E-state index contributed by atoms with van der Waals surface area (Å²) in [7, 11) is 1.03. The lowest BCUT2D eigenvalue weighted by molar-refractivity contribution is -0.391. The van der Waals surface area contributed by atoms with Gasteiger partial charge in [-0.2, -0.15) is 0 Å². The van der Waals surface area contributed by atoms with Gasteiger partial charge in [0.25, 0.3) is 0 Å². The maximum Gasteiger partial charge on any atom is 0.337 e. The molecule has 36 atom stereocenters. The number of rotatable bonds is 17. The Morgan fingerprint density at radius 1 is 0.618 bits per heavy atom. The first-order valence-corrected chi connectivity index (χ1v) is 35.8. The zero-order chi connectivity index (χ0) is 74.4. The van der Waals surface area contributed by atoms with Gasteiger partial charge in [-0.25, -0.2) is 9.59 Å². The number of aliphatic hydroxyl groups excluding tert-OH is 12. The molecule has 572 valence electrons. The Labute approximate surface area is 592 Å². The molecule has 1 aromatic rings. The average molecular weight is 1450 g/mol. The van der Waals surface area contributed by atoms with Crippen molar-refractivity contribution in [2.24, 2.45) is 68.5 Å². The number of carbonyl (C=O) groups excluding carboxylic acids is 5. The van der Waals surface area contributed by atoms with Crippen LogP contribution in [0.5, 0.6) is 0 Å². The molecule has 10 aliphatic rings. The first-order valence-electron chi connectivity index (χ1n) is 35.8. The summed E-state index contributed by atoms with van der Waals surface area (Å²) in [6.45, 7) is 17.3. The lowest BCUT2D eigenvalue weighted by Crippen LogP contribution is -2.69.